The van der Waals surface area contributed by atoms with Crippen molar-refractivity contribution in [3.05, 3.63) is 28.3 Å². The van der Waals surface area contributed by atoms with Gasteiger partial charge in [-0.15, -0.1) is 0 Å². The molecule has 3 nitrogen and oxygen atoms in total. The average Bonchev–Trinajstić information content (AvgIpc) is 2.13. The molecule has 4 heteroatoms. The van der Waals surface area contributed by atoms with Gasteiger partial charge in [-0.1, -0.05) is 19.4 Å². The van der Waals surface area contributed by atoms with Crippen molar-refractivity contribution in [2.24, 2.45) is 4.99 Å². The van der Waals surface area contributed by atoms with Gasteiger partial charge in [-0.25, -0.2) is 0 Å². The molecule has 0 spiro atoms. The molecule has 1 heterocycles. The molecule has 1 aromatic rings. The molecule has 0 aliphatic rings. The van der Waals surface area contributed by atoms with Crippen LogP contribution in [0.5, 0.6) is 0 Å². The first kappa shape index (κ1) is 11.3. The van der Waals surface area contributed by atoms with Crippen LogP contribution in [0.25, 0.3) is 0 Å². The summed E-state index contributed by atoms with van der Waals surface area (Å²) in [6.45, 7) is 4.17. The first-order valence-corrected chi connectivity index (χ1v) is 5.55. The van der Waals surface area contributed by atoms with Crippen LogP contribution in [0.1, 0.15) is 26.7 Å². The predicted octanol–water partition coefficient (Wildman–Crippen LogP) is 2.58. The highest BCUT2D eigenvalue weighted by Gasteiger charge is 1.99. The quantitative estimate of drug-likeness (QED) is 0.657. The Labute approximate surface area is 92.2 Å². The molecule has 1 rings (SSSR count). The Kier molecular flexibility index (Phi) is 4.20. The molecular formula is C10H15BrN2O. The molecule has 1 atom stereocenters. The third-order valence-corrected chi connectivity index (χ3v) is 2.56. The highest BCUT2D eigenvalue weighted by atomic mass is 79.9. The van der Waals surface area contributed by atoms with Gasteiger partial charge in [0.05, 0.1) is 0 Å². The normalized spacial score (nSPS) is 14.4. The van der Waals surface area contributed by atoms with Crippen LogP contribution in [-0.2, 0) is 0 Å². The van der Waals surface area contributed by atoms with E-state index in [2.05, 4.69) is 27.8 Å². The molecule has 0 bridgehead atoms. The number of rotatable bonds is 3. The second-order valence-corrected chi connectivity index (χ2v) is 4.10. The minimum absolute atomic E-state index is 0.243. The summed E-state index contributed by atoms with van der Waals surface area (Å²) in [6.07, 6.45) is 2.14. The minimum atomic E-state index is 0.243. The van der Waals surface area contributed by atoms with Crippen molar-refractivity contribution in [3.8, 4) is 0 Å². The van der Waals surface area contributed by atoms with Crippen LogP contribution in [-0.4, -0.2) is 16.0 Å². The minimum Gasteiger partial charge on any atom is -0.426 e. The first-order valence-electron chi connectivity index (χ1n) is 4.75. The number of hydrogen-bond donors (Lipinski definition) is 1. The fourth-order valence-electron chi connectivity index (χ4n) is 1.27. The van der Waals surface area contributed by atoms with Crippen molar-refractivity contribution in [2.45, 2.75) is 32.7 Å². The van der Waals surface area contributed by atoms with Gasteiger partial charge in [-0.05, 0) is 41.4 Å². The van der Waals surface area contributed by atoms with Crippen LogP contribution in [0, 0.1) is 0 Å². The van der Waals surface area contributed by atoms with Gasteiger partial charge in [0.1, 0.15) is 4.60 Å². The zero-order chi connectivity index (χ0) is 10.6. The van der Waals surface area contributed by atoms with Gasteiger partial charge in [0, 0.05) is 6.04 Å². The van der Waals surface area contributed by atoms with Gasteiger partial charge in [0.2, 0.25) is 0 Å². The maximum absolute atomic E-state index is 9.59. The molecule has 0 saturated carbocycles. The highest BCUT2D eigenvalue weighted by molar-refractivity contribution is 9.10. The van der Waals surface area contributed by atoms with E-state index in [1.165, 1.54) is 0 Å². The lowest BCUT2D eigenvalue weighted by molar-refractivity contribution is 0.164. The molecule has 0 saturated heterocycles. The van der Waals surface area contributed by atoms with E-state index in [1.807, 2.05) is 13.0 Å². The number of pyridine rings is 1. The molecule has 0 aliphatic carbocycles. The maximum Gasteiger partial charge on any atom is 0.164 e. The first-order chi connectivity index (χ1) is 6.65. The Morgan fingerprint density at radius 3 is 2.93 bits per heavy atom. The highest BCUT2D eigenvalue weighted by Crippen LogP contribution is 2.04. The monoisotopic (exact) mass is 258 g/mol. The summed E-state index contributed by atoms with van der Waals surface area (Å²) in [5, 5.41) is 9.59. The topological polar surface area (TPSA) is 37.5 Å². The van der Waals surface area contributed by atoms with Crippen molar-refractivity contribution in [1.29, 1.82) is 0 Å². The predicted molar refractivity (Wildman–Crippen MR) is 59.2 cm³/mol. The van der Waals surface area contributed by atoms with Gasteiger partial charge >= 0.3 is 0 Å². The van der Waals surface area contributed by atoms with Gasteiger partial charge in [-0.2, -0.15) is 4.73 Å². The van der Waals surface area contributed by atoms with Crippen LogP contribution in [0.3, 0.4) is 0 Å². The van der Waals surface area contributed by atoms with Gasteiger partial charge in [0.25, 0.3) is 0 Å². The summed E-state index contributed by atoms with van der Waals surface area (Å²) in [6, 6.07) is 5.65. The molecule has 14 heavy (non-hydrogen) atoms. The van der Waals surface area contributed by atoms with E-state index >= 15 is 0 Å². The summed E-state index contributed by atoms with van der Waals surface area (Å²) in [5.74, 6) is 0. The summed E-state index contributed by atoms with van der Waals surface area (Å²) in [7, 11) is 0. The molecule has 0 aromatic carbocycles. The Hall–Kier alpha value is -0.770. The van der Waals surface area contributed by atoms with Crippen LogP contribution in [0.4, 0.5) is 0 Å². The molecule has 0 aliphatic heterocycles. The summed E-state index contributed by atoms with van der Waals surface area (Å²) < 4.78 is 1.66. The number of halogens is 1. The van der Waals surface area contributed by atoms with E-state index in [9.17, 15) is 5.21 Å². The third kappa shape index (κ3) is 2.87. The van der Waals surface area contributed by atoms with Crippen molar-refractivity contribution in [3.63, 3.8) is 0 Å². The third-order valence-electron chi connectivity index (χ3n) is 1.96. The van der Waals surface area contributed by atoms with Crippen LogP contribution in [0.2, 0.25) is 0 Å². The second kappa shape index (κ2) is 5.20. The number of nitrogens with zero attached hydrogens (tertiary/aromatic N) is 2. The summed E-state index contributed by atoms with van der Waals surface area (Å²) in [4.78, 5) is 4.39. The average molecular weight is 259 g/mol. The van der Waals surface area contributed by atoms with Crippen LogP contribution < -0.4 is 5.49 Å². The second-order valence-electron chi connectivity index (χ2n) is 3.29. The fraction of sp³-hybridized carbons (Fsp3) is 0.500. The Balaban J connectivity index is 3.00. The summed E-state index contributed by atoms with van der Waals surface area (Å²) >= 11 is 3.23. The summed E-state index contributed by atoms with van der Waals surface area (Å²) in [5.41, 5.74) is 0.584. The van der Waals surface area contributed by atoms with E-state index in [1.54, 1.807) is 12.1 Å². The lowest BCUT2D eigenvalue weighted by atomic mass is 10.2. The molecule has 0 radical (unpaired) electrons. The van der Waals surface area contributed by atoms with Crippen molar-refractivity contribution >= 4 is 15.9 Å². The number of hydrogen-bond acceptors (Lipinski definition) is 2. The van der Waals surface area contributed by atoms with Gasteiger partial charge in [-0.3, -0.25) is 4.99 Å². The number of aromatic nitrogens is 1. The molecule has 1 unspecified atom stereocenters. The zero-order valence-corrected chi connectivity index (χ0v) is 10.0. The Bertz CT molecular complexity index is 359. The molecule has 0 fully saturated rings. The van der Waals surface area contributed by atoms with E-state index in [-0.39, 0.29) is 6.04 Å². The smallest absolute Gasteiger partial charge is 0.164 e. The van der Waals surface area contributed by atoms with Gasteiger partial charge in [0.15, 0.2) is 5.49 Å². The lowest BCUT2D eigenvalue weighted by Gasteiger charge is -2.05. The lowest BCUT2D eigenvalue weighted by Crippen LogP contribution is -2.21. The van der Waals surface area contributed by atoms with Gasteiger partial charge < -0.3 is 5.21 Å². The van der Waals surface area contributed by atoms with Crippen molar-refractivity contribution < 1.29 is 5.21 Å². The van der Waals surface area contributed by atoms with E-state index in [0.717, 1.165) is 17.6 Å². The molecule has 1 N–H and O–H groups in total. The van der Waals surface area contributed by atoms with Crippen LogP contribution >= 0.6 is 15.9 Å². The molecule has 1 aromatic heterocycles. The maximum atomic E-state index is 9.59. The Morgan fingerprint density at radius 2 is 2.29 bits per heavy atom. The van der Waals surface area contributed by atoms with E-state index in [4.69, 9.17) is 0 Å². The molecule has 78 valence electrons. The molecule has 0 amide bonds. The fourth-order valence-corrected chi connectivity index (χ4v) is 1.60. The zero-order valence-electron chi connectivity index (χ0n) is 8.44. The van der Waals surface area contributed by atoms with Crippen molar-refractivity contribution in [1.82, 2.24) is 4.73 Å². The Morgan fingerprint density at radius 1 is 1.57 bits per heavy atom. The van der Waals surface area contributed by atoms with E-state index < -0.39 is 0 Å². The molecular weight excluding hydrogens is 244 g/mol. The van der Waals surface area contributed by atoms with E-state index in [0.29, 0.717) is 10.1 Å². The van der Waals surface area contributed by atoms with Crippen LogP contribution in [0.15, 0.2) is 27.8 Å². The standard InChI is InChI=1S/C10H15BrN2O/c1-3-5-8(2)12-10-7-4-6-9(11)13(10)14/h4,6-8,14H,3,5H2,1-2H3. The largest absolute Gasteiger partial charge is 0.426 e. The van der Waals surface area contributed by atoms with Crippen molar-refractivity contribution in [2.75, 3.05) is 0 Å². The SMILES string of the molecule is CCCC(C)N=c1cccc(Br)n1O.